The number of phenols is 1. The monoisotopic (exact) mass is 1230 g/mol. The molecule has 0 bridgehead atoms. The molecule has 4 fully saturated rings. The second-order valence-corrected chi connectivity index (χ2v) is 20.0. The van der Waals surface area contributed by atoms with Crippen LogP contribution in [0.25, 0.3) is 0 Å². The van der Waals surface area contributed by atoms with Crippen LogP contribution in [0.1, 0.15) is 103 Å². The van der Waals surface area contributed by atoms with Crippen molar-refractivity contribution in [2.75, 3.05) is 39.2 Å². The minimum Gasteiger partial charge on any atom is -0.565 e. The molecule has 2 aromatic rings. The molecule has 6 rings (SSSR count). The molecule has 19 heteroatoms. The summed E-state index contributed by atoms with van der Waals surface area (Å²) in [5.74, 6) is 2.49. The number of hydrogen-bond acceptors (Lipinski definition) is 12. The Labute approximate surface area is 497 Å². The quantitative estimate of drug-likeness (QED) is 0.0918. The second kappa shape index (κ2) is 30.0. The van der Waals surface area contributed by atoms with Gasteiger partial charge in [-0.2, -0.15) is 0 Å². The van der Waals surface area contributed by atoms with Crippen LogP contribution in [-0.2, 0) is 33.4 Å². The standard InChI is InChI=1S/C20H25IO4.C14H17IO3.C10H16BrNO3.CH2O3.2K/c1-12(20(23)24-2)19(14-6-7-14)15-8-9-18(16(21)10-15)25-11-17(22)13-4-3-5-13;1-8(14(17)18-2)13(9-3-4-9)10-5-6-12(16)11(15)7-10;1-10(2,3)15-9(14)12-5-7(6-12)8(13)4-11;2-1(3)4;;/h8-10,12-14,19H,3-7,11H2,1-2H3;5-9,13,16H,3-4H2,1-2H3;7H,4-6H2,1-3H3;(H2,2,3,4);;/q;;;;2*+1/p-1/t12-,19-;8-,13-;;;;/m00..../s1. The van der Waals surface area contributed by atoms with Crippen molar-refractivity contribution in [1.29, 1.82) is 0 Å². The Morgan fingerprint density at radius 3 is 1.59 bits per heavy atom. The number of benzene rings is 2. The number of likely N-dealkylation sites (tertiary alicyclic amines) is 1. The van der Waals surface area contributed by atoms with E-state index in [4.69, 9.17) is 34.0 Å². The Bertz CT molecular complexity index is 1880. The number of ketones is 2. The predicted octanol–water partition coefficient (Wildman–Crippen LogP) is 2.35. The summed E-state index contributed by atoms with van der Waals surface area (Å²) in [5, 5.41) is 25.2. The largest absolute Gasteiger partial charge is 1.00 e. The van der Waals surface area contributed by atoms with Gasteiger partial charge >= 0.3 is 121 Å². The van der Waals surface area contributed by atoms with Crippen LogP contribution in [0.15, 0.2) is 36.4 Å². The van der Waals surface area contributed by atoms with Crippen LogP contribution in [0.2, 0.25) is 0 Å². The number of carbonyl (C=O) groups is 6. The summed E-state index contributed by atoms with van der Waals surface area (Å²) in [5.41, 5.74) is 1.81. The molecular weight excluding hydrogens is 1170 g/mol. The van der Waals surface area contributed by atoms with Gasteiger partial charge in [-0.15, -0.1) is 0 Å². The number of hydrogen-bond donors (Lipinski definition) is 2. The average molecular weight is 1230 g/mol. The number of carboxylic acid groups (broad SMARTS) is 2. The maximum absolute atomic E-state index is 12.0. The van der Waals surface area contributed by atoms with E-state index >= 15 is 0 Å². The number of ether oxygens (including phenoxy) is 4. The smallest absolute Gasteiger partial charge is 0.565 e. The van der Waals surface area contributed by atoms with E-state index < -0.39 is 11.8 Å². The molecule has 4 atom stereocenters. The first-order valence-corrected chi connectivity index (χ1v) is 24.0. The Morgan fingerprint density at radius 1 is 0.781 bits per heavy atom. The fourth-order valence-corrected chi connectivity index (χ4v) is 9.04. The molecule has 64 heavy (non-hydrogen) atoms. The number of alkyl halides is 1. The summed E-state index contributed by atoms with van der Waals surface area (Å²) in [6, 6.07) is 11.7. The van der Waals surface area contributed by atoms with Gasteiger partial charge in [-0.1, -0.05) is 48.3 Å². The molecule has 0 unspecified atom stereocenters. The van der Waals surface area contributed by atoms with E-state index in [-0.39, 0.29) is 174 Å². The SMILES string of the molecule is CC(C)(C)OC(=O)N1CC(C(=O)CBr)C1.COC(=O)[C@@H](C)[C@H](c1ccc(O)c(I)c1)C1CC1.COC(=O)[C@@H](C)[C@H](c1ccc(OCC(=O)C2CCC2)c(I)c1)C1CC1.O=C([O-])O.[K+].[K+]. The summed E-state index contributed by atoms with van der Waals surface area (Å²) in [6.07, 6.45) is 5.42. The van der Waals surface area contributed by atoms with Crippen molar-refractivity contribution in [3.63, 3.8) is 0 Å². The number of methoxy groups -OCH3 is 2. The van der Waals surface area contributed by atoms with Gasteiger partial charge < -0.3 is 44.0 Å². The maximum Gasteiger partial charge on any atom is 1.00 e. The summed E-state index contributed by atoms with van der Waals surface area (Å²) >= 11 is 7.47. The normalized spacial score (nSPS) is 17.2. The Balaban J connectivity index is 0.000000468. The van der Waals surface area contributed by atoms with E-state index in [2.05, 4.69) is 67.2 Å². The summed E-state index contributed by atoms with van der Waals surface area (Å²) in [6.45, 7) is 10.5. The van der Waals surface area contributed by atoms with E-state index in [9.17, 15) is 29.1 Å². The van der Waals surface area contributed by atoms with Crippen molar-refractivity contribution in [2.24, 2.45) is 35.5 Å². The molecule has 0 spiro atoms. The van der Waals surface area contributed by atoms with E-state index in [1.165, 1.54) is 27.1 Å². The van der Waals surface area contributed by atoms with Crippen LogP contribution in [-0.4, -0.2) is 95.7 Å². The number of amides is 1. The number of aromatic hydroxyl groups is 1. The second-order valence-electron chi connectivity index (χ2n) is 17.1. The van der Waals surface area contributed by atoms with Gasteiger partial charge in [-0.05, 0) is 164 Å². The third-order valence-corrected chi connectivity index (χ3v) is 13.5. The molecule has 1 heterocycles. The van der Waals surface area contributed by atoms with Crippen molar-refractivity contribution in [2.45, 2.75) is 97.0 Å². The average Bonchev–Trinajstić information content (AvgIpc) is 4.10. The van der Waals surface area contributed by atoms with Gasteiger partial charge in [-0.3, -0.25) is 19.2 Å². The first-order valence-electron chi connectivity index (χ1n) is 20.7. The van der Waals surface area contributed by atoms with Crippen molar-refractivity contribution in [1.82, 2.24) is 4.90 Å². The topological polar surface area (TPSA) is 206 Å². The molecule has 2 aromatic carbocycles. The molecule has 1 aliphatic heterocycles. The van der Waals surface area contributed by atoms with E-state index in [0.29, 0.717) is 36.0 Å². The molecule has 0 aromatic heterocycles. The van der Waals surface area contributed by atoms with Crippen LogP contribution in [0.4, 0.5) is 9.59 Å². The summed E-state index contributed by atoms with van der Waals surface area (Å²) < 4.78 is 22.5. The van der Waals surface area contributed by atoms with Crippen molar-refractivity contribution >= 4 is 96.9 Å². The molecule has 344 valence electrons. The maximum atomic E-state index is 12.0. The van der Waals surface area contributed by atoms with Gasteiger partial charge in [0, 0.05) is 19.0 Å². The predicted molar refractivity (Wildman–Crippen MR) is 249 cm³/mol. The zero-order valence-corrected chi connectivity index (χ0v) is 50.5. The van der Waals surface area contributed by atoms with Crippen molar-refractivity contribution in [3.05, 3.63) is 54.7 Å². The third-order valence-electron chi connectivity index (χ3n) is 11.2. The molecule has 1 amide bonds. The van der Waals surface area contributed by atoms with E-state index in [1.807, 2.05) is 58.9 Å². The summed E-state index contributed by atoms with van der Waals surface area (Å²) in [7, 11) is 2.88. The number of Topliss-reactive ketones (excluding diaryl/α,β-unsaturated/α-hetero) is 2. The number of esters is 2. The van der Waals surface area contributed by atoms with Gasteiger partial charge in [0.2, 0.25) is 6.16 Å². The van der Waals surface area contributed by atoms with Gasteiger partial charge in [0.15, 0.2) is 5.78 Å². The van der Waals surface area contributed by atoms with Crippen LogP contribution < -0.4 is 113 Å². The van der Waals surface area contributed by atoms with Gasteiger partial charge in [-0.25, -0.2) is 4.79 Å². The van der Waals surface area contributed by atoms with Gasteiger partial charge in [0.1, 0.15) is 29.5 Å². The van der Waals surface area contributed by atoms with Gasteiger partial charge in [0.25, 0.3) is 0 Å². The summed E-state index contributed by atoms with van der Waals surface area (Å²) in [4.78, 5) is 68.4. The fourth-order valence-electron chi connectivity index (χ4n) is 7.35. The van der Waals surface area contributed by atoms with Crippen LogP contribution >= 0.6 is 61.1 Å². The Kier molecular flexibility index (Phi) is 29.1. The fraction of sp³-hybridized carbons (Fsp3) is 0.600. The van der Waals surface area contributed by atoms with Crippen molar-refractivity contribution in [3.8, 4) is 11.5 Å². The number of halogens is 3. The molecular formula is C45H59BrI2K2NO13+. The molecule has 4 aliphatic rings. The Morgan fingerprint density at radius 2 is 1.23 bits per heavy atom. The van der Waals surface area contributed by atoms with Crippen molar-refractivity contribution < 1.29 is 166 Å². The first kappa shape index (κ1) is 62.1. The zero-order chi connectivity index (χ0) is 46.5. The molecule has 0 radical (unpaired) electrons. The van der Waals surface area contributed by atoms with E-state index in [0.717, 1.165) is 56.1 Å². The zero-order valence-electron chi connectivity index (χ0n) is 38.3. The van der Waals surface area contributed by atoms with Gasteiger partial charge in [0.05, 0.1) is 44.4 Å². The number of phenolic OH excluding ortho intramolecular Hbond substituents is 1. The number of carbonyl (C=O) groups excluding carboxylic acids is 5. The van der Waals surface area contributed by atoms with Crippen LogP contribution in [0.3, 0.4) is 0 Å². The molecule has 3 aliphatic carbocycles. The molecule has 14 nitrogen and oxygen atoms in total. The Hall–Kier alpha value is 0.0727. The van der Waals surface area contributed by atoms with E-state index in [1.54, 1.807) is 11.0 Å². The molecule has 3 saturated carbocycles. The minimum atomic E-state index is -2.08. The molecule has 2 N–H and O–H groups in total. The molecule has 1 saturated heterocycles. The number of nitrogens with zero attached hydrogens (tertiary/aromatic N) is 1. The van der Waals surface area contributed by atoms with Crippen LogP contribution in [0.5, 0.6) is 11.5 Å². The first-order chi connectivity index (χ1) is 29.1. The number of rotatable bonds is 14. The third kappa shape index (κ3) is 20.6. The minimum absolute atomic E-state index is 0. The van der Waals surface area contributed by atoms with Crippen LogP contribution in [0, 0.1) is 42.6 Å².